The molecular formula is C29H24F3N9O3. The van der Waals surface area contributed by atoms with E-state index in [1.807, 2.05) is 18.2 Å². The highest BCUT2D eigenvalue weighted by Gasteiger charge is 2.30. The van der Waals surface area contributed by atoms with Gasteiger partial charge < -0.3 is 21.4 Å². The molecule has 12 nitrogen and oxygen atoms in total. The number of pyridine rings is 1. The van der Waals surface area contributed by atoms with Crippen LogP contribution in [0.15, 0.2) is 85.2 Å². The number of hydrogen-bond acceptors (Lipinski definition) is 6. The Morgan fingerprint density at radius 3 is 2.32 bits per heavy atom. The maximum Gasteiger partial charge on any atom is 0.416 e. The third kappa shape index (κ3) is 7.44. The molecule has 3 heterocycles. The predicted octanol–water partition coefficient (Wildman–Crippen LogP) is 4.65. The highest BCUT2D eigenvalue weighted by Crippen LogP contribution is 2.30. The number of benzene rings is 2. The van der Waals surface area contributed by atoms with Crippen molar-refractivity contribution < 1.29 is 27.6 Å². The molecule has 0 unspecified atom stereocenters. The number of primary amides is 1. The second-order valence-electron chi connectivity index (χ2n) is 9.47. The van der Waals surface area contributed by atoms with Crippen molar-refractivity contribution in [3.8, 4) is 0 Å². The SMILES string of the molecule is NC(=O)c1[nH]c(Cc2ccc(C(=O)Nc3ccn(Cc4ccccn4)n3)cc2)nc1NC(=O)Nc1ccc(C(F)(F)F)cc1. The minimum Gasteiger partial charge on any atom is -0.364 e. The van der Waals surface area contributed by atoms with Crippen LogP contribution in [0.25, 0.3) is 0 Å². The van der Waals surface area contributed by atoms with Crippen molar-refractivity contribution >= 4 is 35.2 Å². The number of aromatic nitrogens is 5. The van der Waals surface area contributed by atoms with E-state index in [1.54, 1.807) is 47.4 Å². The van der Waals surface area contributed by atoms with Gasteiger partial charge in [0.05, 0.1) is 17.8 Å². The number of H-pyrrole nitrogens is 1. The van der Waals surface area contributed by atoms with E-state index in [2.05, 4.69) is 36.0 Å². The van der Waals surface area contributed by atoms with Crippen molar-refractivity contribution in [1.82, 2.24) is 24.7 Å². The Hall–Kier alpha value is -5.99. The molecule has 224 valence electrons. The first kappa shape index (κ1) is 29.5. The summed E-state index contributed by atoms with van der Waals surface area (Å²) in [4.78, 5) is 48.3. The summed E-state index contributed by atoms with van der Waals surface area (Å²) in [6, 6.07) is 16.9. The van der Waals surface area contributed by atoms with Crippen molar-refractivity contribution in [2.24, 2.45) is 5.73 Å². The van der Waals surface area contributed by atoms with Crippen LogP contribution in [-0.2, 0) is 19.1 Å². The zero-order valence-corrected chi connectivity index (χ0v) is 22.7. The fourth-order valence-electron chi connectivity index (χ4n) is 4.12. The molecule has 4 amide bonds. The first-order valence-corrected chi connectivity index (χ1v) is 13.0. The number of carbonyl (C=O) groups is 3. The number of urea groups is 1. The lowest BCUT2D eigenvalue weighted by Crippen LogP contribution is -2.22. The van der Waals surface area contributed by atoms with Gasteiger partial charge in [0.1, 0.15) is 11.5 Å². The Labute approximate surface area is 247 Å². The molecule has 0 radical (unpaired) electrons. The van der Waals surface area contributed by atoms with E-state index >= 15 is 0 Å². The second-order valence-corrected chi connectivity index (χ2v) is 9.47. The van der Waals surface area contributed by atoms with E-state index in [1.165, 1.54) is 0 Å². The second kappa shape index (κ2) is 12.5. The number of alkyl halides is 3. The number of hydrogen-bond donors (Lipinski definition) is 5. The summed E-state index contributed by atoms with van der Waals surface area (Å²) in [5.41, 5.74) is 6.42. The van der Waals surface area contributed by atoms with Gasteiger partial charge in [-0.05, 0) is 54.1 Å². The van der Waals surface area contributed by atoms with E-state index < -0.39 is 23.7 Å². The standard InChI is InChI=1S/C29H24F3N9O3/c30-29(31,32)19-8-10-20(11-9-19)35-28(44)39-26-24(25(33)42)36-23(37-26)15-17-4-6-18(7-5-17)27(43)38-22-12-14-41(40-22)16-21-3-1-2-13-34-21/h1-14H,15-16H2,(H2,33,42)(H,36,37)(H2,35,39,44)(H,38,40,43). The molecule has 0 aliphatic rings. The van der Waals surface area contributed by atoms with E-state index in [-0.39, 0.29) is 29.5 Å². The fraction of sp³-hybridized carbons (Fsp3) is 0.103. The van der Waals surface area contributed by atoms with Crippen molar-refractivity contribution in [2.45, 2.75) is 19.1 Å². The minimum atomic E-state index is -4.51. The number of anilines is 3. The maximum absolute atomic E-state index is 12.8. The number of imidazole rings is 1. The molecule has 15 heteroatoms. The average Bonchev–Trinajstić information content (AvgIpc) is 3.60. The molecule has 6 N–H and O–H groups in total. The zero-order valence-electron chi connectivity index (χ0n) is 22.7. The minimum absolute atomic E-state index is 0.0915. The van der Waals surface area contributed by atoms with Crippen molar-refractivity contribution in [3.05, 3.63) is 119 Å². The molecule has 0 spiro atoms. The molecule has 0 fully saturated rings. The molecule has 5 rings (SSSR count). The smallest absolute Gasteiger partial charge is 0.364 e. The summed E-state index contributed by atoms with van der Waals surface area (Å²) >= 11 is 0. The number of aromatic amines is 1. The summed E-state index contributed by atoms with van der Waals surface area (Å²) in [6.07, 6.45) is -0.889. The first-order valence-electron chi connectivity index (χ1n) is 13.0. The highest BCUT2D eigenvalue weighted by atomic mass is 19.4. The van der Waals surface area contributed by atoms with E-state index in [4.69, 9.17) is 5.73 Å². The topological polar surface area (TPSA) is 173 Å². The number of amides is 4. The van der Waals surface area contributed by atoms with Gasteiger partial charge in [-0.15, -0.1) is 0 Å². The van der Waals surface area contributed by atoms with E-state index in [0.717, 1.165) is 35.5 Å². The molecule has 0 saturated heterocycles. The fourth-order valence-corrected chi connectivity index (χ4v) is 4.12. The largest absolute Gasteiger partial charge is 0.416 e. The number of nitrogens with two attached hydrogens (primary N) is 1. The monoisotopic (exact) mass is 603 g/mol. The van der Waals surface area contributed by atoms with Gasteiger partial charge in [0.15, 0.2) is 11.6 Å². The molecule has 5 aromatic rings. The molecule has 0 aliphatic carbocycles. The average molecular weight is 604 g/mol. The van der Waals surface area contributed by atoms with Crippen molar-refractivity contribution in [1.29, 1.82) is 0 Å². The molecule has 44 heavy (non-hydrogen) atoms. The number of halogens is 3. The lowest BCUT2D eigenvalue weighted by molar-refractivity contribution is -0.137. The Kier molecular flexibility index (Phi) is 8.37. The molecule has 2 aromatic carbocycles. The molecule has 3 aromatic heterocycles. The number of nitrogens with zero attached hydrogens (tertiary/aromatic N) is 4. The van der Waals surface area contributed by atoms with Crippen LogP contribution in [0.4, 0.5) is 35.3 Å². The van der Waals surface area contributed by atoms with Gasteiger partial charge in [0.2, 0.25) is 0 Å². The maximum atomic E-state index is 12.8. The van der Waals surface area contributed by atoms with Crippen LogP contribution in [-0.4, -0.2) is 42.6 Å². The summed E-state index contributed by atoms with van der Waals surface area (Å²) in [6.45, 7) is 0.455. The Bertz CT molecular complexity index is 1780. The van der Waals surface area contributed by atoms with Gasteiger partial charge in [-0.3, -0.25) is 24.6 Å². The third-order valence-corrected chi connectivity index (χ3v) is 6.22. The Morgan fingerprint density at radius 2 is 1.66 bits per heavy atom. The Balaban J connectivity index is 1.18. The predicted molar refractivity (Wildman–Crippen MR) is 154 cm³/mol. The van der Waals surface area contributed by atoms with Crippen LogP contribution in [0, 0.1) is 0 Å². The van der Waals surface area contributed by atoms with E-state index in [0.29, 0.717) is 23.8 Å². The van der Waals surface area contributed by atoms with Gasteiger partial charge in [0, 0.05) is 36.1 Å². The van der Waals surface area contributed by atoms with Gasteiger partial charge >= 0.3 is 12.2 Å². The number of rotatable bonds is 9. The lowest BCUT2D eigenvalue weighted by Gasteiger charge is -2.09. The third-order valence-electron chi connectivity index (χ3n) is 6.22. The zero-order chi connectivity index (χ0) is 31.3. The van der Waals surface area contributed by atoms with Crippen LogP contribution >= 0.6 is 0 Å². The number of carbonyl (C=O) groups excluding carboxylic acids is 3. The van der Waals surface area contributed by atoms with Gasteiger partial charge in [-0.1, -0.05) is 18.2 Å². The van der Waals surface area contributed by atoms with E-state index in [9.17, 15) is 27.6 Å². The molecule has 0 saturated carbocycles. The van der Waals surface area contributed by atoms with Crippen LogP contribution in [0.2, 0.25) is 0 Å². The molecule has 0 atom stereocenters. The highest BCUT2D eigenvalue weighted by molar-refractivity contribution is 6.04. The van der Waals surface area contributed by atoms with Crippen LogP contribution in [0.5, 0.6) is 0 Å². The van der Waals surface area contributed by atoms with Crippen LogP contribution in [0.3, 0.4) is 0 Å². The molecular weight excluding hydrogens is 579 g/mol. The molecule has 0 aliphatic heterocycles. The normalized spacial score (nSPS) is 11.2. The van der Waals surface area contributed by atoms with Gasteiger partial charge in [0.25, 0.3) is 11.8 Å². The summed E-state index contributed by atoms with van der Waals surface area (Å²) in [5, 5.41) is 11.8. The van der Waals surface area contributed by atoms with Crippen molar-refractivity contribution in [2.75, 3.05) is 16.0 Å². The quantitative estimate of drug-likeness (QED) is 0.164. The first-order chi connectivity index (χ1) is 21.0. The Morgan fingerprint density at radius 1 is 0.909 bits per heavy atom. The van der Waals surface area contributed by atoms with Crippen molar-refractivity contribution in [3.63, 3.8) is 0 Å². The summed E-state index contributed by atoms with van der Waals surface area (Å²) in [7, 11) is 0. The lowest BCUT2D eigenvalue weighted by atomic mass is 10.1. The summed E-state index contributed by atoms with van der Waals surface area (Å²) in [5.74, 6) is -0.733. The van der Waals surface area contributed by atoms with Crippen LogP contribution < -0.4 is 21.7 Å². The van der Waals surface area contributed by atoms with Gasteiger partial charge in [-0.2, -0.15) is 18.3 Å². The van der Waals surface area contributed by atoms with Gasteiger partial charge in [-0.25, -0.2) is 9.78 Å². The number of nitrogens with one attached hydrogen (secondary N) is 4. The van der Waals surface area contributed by atoms with Crippen LogP contribution in [0.1, 0.15) is 43.5 Å². The summed E-state index contributed by atoms with van der Waals surface area (Å²) < 4.78 is 40.0. The molecule has 0 bridgehead atoms.